The van der Waals surface area contributed by atoms with Gasteiger partial charge in [0, 0.05) is 20.1 Å². The topological polar surface area (TPSA) is 82.5 Å². The predicted molar refractivity (Wildman–Crippen MR) is 132 cm³/mol. The molecule has 4 aromatic rings. The first-order chi connectivity index (χ1) is 17.0. The highest BCUT2D eigenvalue weighted by molar-refractivity contribution is 5.94. The highest BCUT2D eigenvalue weighted by atomic mass is 19.1. The van der Waals surface area contributed by atoms with Crippen LogP contribution < -0.4 is 15.6 Å². The molecule has 1 aromatic heterocycles. The van der Waals surface area contributed by atoms with Crippen LogP contribution in [0.5, 0.6) is 5.75 Å². The van der Waals surface area contributed by atoms with Crippen molar-refractivity contribution in [3.63, 3.8) is 0 Å². The molecule has 3 aromatic carbocycles. The molecule has 1 N–H and O–H groups in total. The summed E-state index contributed by atoms with van der Waals surface area (Å²) < 4.78 is 27.2. The minimum atomic E-state index is -0.854. The van der Waals surface area contributed by atoms with Crippen LogP contribution in [0.25, 0.3) is 10.9 Å². The number of hydrogen-bond acceptors (Lipinski definition) is 5. The Labute approximate surface area is 202 Å². The first-order valence-corrected chi connectivity index (χ1v) is 11.3. The lowest BCUT2D eigenvalue weighted by atomic mass is 10.1. The molecule has 35 heavy (non-hydrogen) atoms. The Morgan fingerprint density at radius 3 is 2.57 bits per heavy atom. The van der Waals surface area contributed by atoms with Gasteiger partial charge in [0.25, 0.3) is 11.5 Å². The number of nitrogens with one attached hydrogen (secondary N) is 1. The van der Waals surface area contributed by atoms with Crippen LogP contribution in [0.4, 0.5) is 10.1 Å². The SMILES string of the molecule is CCOC(Cc1ccccc1OCc1nc2ccccc2c(=O)n1C)C(=O)Nc1ccccc1F. The molecule has 0 saturated carbocycles. The Morgan fingerprint density at radius 1 is 1.06 bits per heavy atom. The zero-order chi connectivity index (χ0) is 24.8. The molecule has 0 radical (unpaired) electrons. The van der Waals surface area contributed by atoms with E-state index in [0.29, 0.717) is 29.1 Å². The van der Waals surface area contributed by atoms with Gasteiger partial charge in [0.05, 0.1) is 16.6 Å². The number of ether oxygens (including phenoxy) is 2. The summed E-state index contributed by atoms with van der Waals surface area (Å²) in [6, 6.07) is 20.4. The summed E-state index contributed by atoms with van der Waals surface area (Å²) in [7, 11) is 1.66. The molecule has 0 aliphatic carbocycles. The lowest BCUT2D eigenvalue weighted by molar-refractivity contribution is -0.127. The van der Waals surface area contributed by atoms with E-state index in [0.717, 1.165) is 5.56 Å². The summed E-state index contributed by atoms with van der Waals surface area (Å²) in [4.78, 5) is 30.1. The van der Waals surface area contributed by atoms with Gasteiger partial charge in [-0.15, -0.1) is 0 Å². The monoisotopic (exact) mass is 475 g/mol. The van der Waals surface area contributed by atoms with Gasteiger partial charge in [0.2, 0.25) is 0 Å². The number of carbonyl (C=O) groups is 1. The fourth-order valence-electron chi connectivity index (χ4n) is 3.75. The van der Waals surface area contributed by atoms with E-state index in [1.807, 2.05) is 24.3 Å². The van der Waals surface area contributed by atoms with E-state index in [1.165, 1.54) is 16.7 Å². The van der Waals surface area contributed by atoms with Crippen LogP contribution in [-0.4, -0.2) is 28.2 Å². The van der Waals surface area contributed by atoms with Crippen molar-refractivity contribution in [3.8, 4) is 5.75 Å². The maximum Gasteiger partial charge on any atom is 0.261 e. The largest absolute Gasteiger partial charge is 0.485 e. The second-order valence-electron chi connectivity index (χ2n) is 7.92. The molecule has 0 aliphatic rings. The third kappa shape index (κ3) is 5.55. The van der Waals surface area contributed by atoms with Crippen molar-refractivity contribution >= 4 is 22.5 Å². The molecule has 0 bridgehead atoms. The molecule has 7 nitrogen and oxygen atoms in total. The number of anilines is 1. The number of aromatic nitrogens is 2. The van der Waals surface area contributed by atoms with E-state index < -0.39 is 17.8 Å². The summed E-state index contributed by atoms with van der Waals surface area (Å²) in [5.41, 5.74) is 1.28. The standard InChI is InChI=1S/C27H26FN3O4/c1-3-34-24(26(32)30-22-14-8-6-12-20(22)28)16-18-10-4-9-15-23(18)35-17-25-29-21-13-7-5-11-19(21)27(33)31(25)2/h4-15,24H,3,16-17H2,1-2H3,(H,30,32). The number of carbonyl (C=O) groups excluding carboxylic acids is 1. The minimum Gasteiger partial charge on any atom is -0.485 e. The van der Waals surface area contributed by atoms with Gasteiger partial charge in [0.1, 0.15) is 30.1 Å². The molecular formula is C27H26FN3O4. The quantitative estimate of drug-likeness (QED) is 0.392. The fourth-order valence-corrected chi connectivity index (χ4v) is 3.75. The maximum absolute atomic E-state index is 14.0. The van der Waals surface area contributed by atoms with Crippen molar-refractivity contribution in [1.29, 1.82) is 0 Å². The molecule has 0 fully saturated rings. The van der Waals surface area contributed by atoms with Crippen LogP contribution in [0.2, 0.25) is 0 Å². The van der Waals surface area contributed by atoms with Crippen molar-refractivity contribution < 1.29 is 18.7 Å². The number of hydrogen-bond donors (Lipinski definition) is 1. The third-order valence-electron chi connectivity index (χ3n) is 5.60. The molecule has 4 rings (SSSR count). The normalized spacial score (nSPS) is 11.9. The molecule has 0 saturated heterocycles. The molecule has 1 amide bonds. The van der Waals surface area contributed by atoms with Crippen LogP contribution in [0.15, 0.2) is 77.6 Å². The van der Waals surface area contributed by atoms with Crippen LogP contribution in [0.1, 0.15) is 18.3 Å². The van der Waals surface area contributed by atoms with Crippen molar-refractivity contribution in [2.45, 2.75) is 26.1 Å². The smallest absolute Gasteiger partial charge is 0.261 e. The summed E-state index contributed by atoms with van der Waals surface area (Å²) in [5.74, 6) is 0.0409. The van der Waals surface area contributed by atoms with Gasteiger partial charge < -0.3 is 14.8 Å². The summed E-state index contributed by atoms with van der Waals surface area (Å²) in [6.07, 6.45) is -0.638. The van der Waals surface area contributed by atoms with Crippen molar-refractivity contribution in [2.75, 3.05) is 11.9 Å². The molecule has 0 aliphatic heterocycles. The lowest BCUT2D eigenvalue weighted by Gasteiger charge is -2.19. The molecule has 1 atom stereocenters. The zero-order valence-electron chi connectivity index (χ0n) is 19.5. The van der Waals surface area contributed by atoms with E-state index in [4.69, 9.17) is 9.47 Å². The average Bonchev–Trinajstić information content (AvgIpc) is 2.87. The van der Waals surface area contributed by atoms with Crippen LogP contribution in [0.3, 0.4) is 0 Å². The molecule has 0 spiro atoms. The van der Waals surface area contributed by atoms with E-state index in [-0.39, 0.29) is 24.3 Å². The van der Waals surface area contributed by atoms with Crippen molar-refractivity contribution in [2.24, 2.45) is 7.05 Å². The van der Waals surface area contributed by atoms with Crippen molar-refractivity contribution in [1.82, 2.24) is 9.55 Å². The van der Waals surface area contributed by atoms with Crippen LogP contribution in [-0.2, 0) is 29.6 Å². The lowest BCUT2D eigenvalue weighted by Crippen LogP contribution is -2.33. The molecule has 8 heteroatoms. The number of amides is 1. The summed E-state index contributed by atoms with van der Waals surface area (Å²) in [5, 5.41) is 3.14. The Balaban J connectivity index is 1.53. The maximum atomic E-state index is 14.0. The van der Waals surface area contributed by atoms with Crippen molar-refractivity contribution in [3.05, 3.63) is 100 Å². The van der Waals surface area contributed by atoms with E-state index >= 15 is 0 Å². The van der Waals surface area contributed by atoms with Gasteiger partial charge in [-0.3, -0.25) is 14.2 Å². The number of halogens is 1. The van der Waals surface area contributed by atoms with Gasteiger partial charge in [-0.1, -0.05) is 42.5 Å². The van der Waals surface area contributed by atoms with Gasteiger partial charge in [0.15, 0.2) is 0 Å². The first kappa shape index (κ1) is 24.1. The zero-order valence-corrected chi connectivity index (χ0v) is 19.5. The summed E-state index contributed by atoms with van der Waals surface area (Å²) in [6.45, 7) is 2.16. The van der Waals surface area contributed by atoms with Gasteiger partial charge in [-0.2, -0.15) is 0 Å². The van der Waals surface area contributed by atoms with E-state index in [2.05, 4.69) is 10.3 Å². The van der Waals surface area contributed by atoms with Gasteiger partial charge in [-0.25, -0.2) is 9.37 Å². The summed E-state index contributed by atoms with van der Waals surface area (Å²) >= 11 is 0. The molecule has 1 unspecified atom stereocenters. The average molecular weight is 476 g/mol. The molecular weight excluding hydrogens is 449 g/mol. The Hall–Kier alpha value is -4.04. The second-order valence-corrected chi connectivity index (χ2v) is 7.92. The number of fused-ring (bicyclic) bond motifs is 1. The minimum absolute atomic E-state index is 0.0638. The fraction of sp³-hybridized carbons (Fsp3) is 0.222. The third-order valence-corrected chi connectivity index (χ3v) is 5.60. The van der Waals surface area contributed by atoms with E-state index in [9.17, 15) is 14.0 Å². The number of nitrogens with zero attached hydrogens (tertiary/aromatic N) is 2. The number of rotatable bonds is 9. The Bertz CT molecular complexity index is 1400. The molecule has 1 heterocycles. The van der Waals surface area contributed by atoms with Gasteiger partial charge >= 0.3 is 0 Å². The van der Waals surface area contributed by atoms with Crippen LogP contribution in [0, 0.1) is 5.82 Å². The Kier molecular flexibility index (Phi) is 7.52. The molecule has 180 valence electrons. The number of para-hydroxylation sites is 3. The highest BCUT2D eigenvalue weighted by Gasteiger charge is 2.22. The number of benzene rings is 3. The van der Waals surface area contributed by atoms with Gasteiger partial charge in [-0.05, 0) is 42.8 Å². The van der Waals surface area contributed by atoms with E-state index in [1.54, 1.807) is 50.4 Å². The highest BCUT2D eigenvalue weighted by Crippen LogP contribution is 2.23. The second kappa shape index (κ2) is 10.9. The first-order valence-electron chi connectivity index (χ1n) is 11.3. The predicted octanol–water partition coefficient (Wildman–Crippen LogP) is 4.24. The van der Waals surface area contributed by atoms with Crippen LogP contribution >= 0.6 is 0 Å². The Morgan fingerprint density at radius 2 is 1.77 bits per heavy atom.